The van der Waals surface area contributed by atoms with Crippen LogP contribution in [0.3, 0.4) is 0 Å². The van der Waals surface area contributed by atoms with E-state index in [4.69, 9.17) is 20.6 Å². The maximum atomic E-state index is 14.5. The van der Waals surface area contributed by atoms with E-state index in [1.54, 1.807) is 19.1 Å². The van der Waals surface area contributed by atoms with Crippen LogP contribution in [-0.2, 0) is 57.6 Å². The molecule has 15 heteroatoms. The SMILES string of the molecule is C#CCCC(=O)Oc1ccc(C[N+]2(CC(=O)N[C@@H](CCc3ccccc3)C(=O)N[C@@H](CC(C)C)C(=O)N[C@@H](Cc3ccccc3)C(=O)N[C@@H](CC(C)C)C(=O)[C@@]3(C)CO3)CCOCC2)cc1.[Br-]. The van der Waals surface area contributed by atoms with E-state index in [2.05, 4.69) is 27.2 Å². The molecule has 14 nitrogen and oxygen atoms in total. The highest BCUT2D eigenvalue weighted by molar-refractivity contribution is 5.98. The molecular formula is C52H68BrN5O9. The highest BCUT2D eigenvalue weighted by atomic mass is 79.9. The van der Waals surface area contributed by atoms with Crippen molar-refractivity contribution in [2.24, 2.45) is 11.8 Å². The maximum Gasteiger partial charge on any atom is 0.312 e. The average molecular weight is 987 g/mol. The molecule has 3 aromatic carbocycles. The number of benzene rings is 3. The molecule has 2 fully saturated rings. The average Bonchev–Trinajstić information content (AvgIpc) is 4.05. The number of esters is 1. The number of Topliss-reactive ketones (excluding diaryl/α,β-unsaturated/α-hetero) is 1. The third-order valence-corrected chi connectivity index (χ3v) is 12.0. The Hall–Kier alpha value is -5.40. The first kappa shape index (κ1) is 54.2. The quantitative estimate of drug-likeness (QED) is 0.0323. The van der Waals surface area contributed by atoms with Gasteiger partial charge in [0.15, 0.2) is 12.3 Å². The van der Waals surface area contributed by atoms with Crippen molar-refractivity contribution in [2.45, 2.75) is 116 Å². The van der Waals surface area contributed by atoms with Gasteiger partial charge >= 0.3 is 5.97 Å². The molecule has 0 unspecified atom stereocenters. The Morgan fingerprint density at radius 3 is 1.84 bits per heavy atom. The van der Waals surface area contributed by atoms with Crippen molar-refractivity contribution < 1.29 is 64.4 Å². The van der Waals surface area contributed by atoms with Gasteiger partial charge in [-0.15, -0.1) is 12.3 Å². The molecule has 2 saturated heterocycles. The van der Waals surface area contributed by atoms with Gasteiger partial charge in [0.25, 0.3) is 5.91 Å². The Labute approximate surface area is 406 Å². The fourth-order valence-corrected chi connectivity index (χ4v) is 8.18. The zero-order valence-corrected chi connectivity index (χ0v) is 41.1. The molecule has 0 aliphatic carbocycles. The summed E-state index contributed by atoms with van der Waals surface area (Å²) in [5.74, 6) is 0.338. The van der Waals surface area contributed by atoms with Crippen LogP contribution < -0.4 is 43.0 Å². The molecule has 5 atom stereocenters. The van der Waals surface area contributed by atoms with E-state index in [1.165, 1.54) is 0 Å². The predicted molar refractivity (Wildman–Crippen MR) is 250 cm³/mol. The van der Waals surface area contributed by atoms with Crippen molar-refractivity contribution in [3.63, 3.8) is 0 Å². The van der Waals surface area contributed by atoms with Crippen molar-refractivity contribution in [1.82, 2.24) is 21.3 Å². The van der Waals surface area contributed by atoms with Crippen LogP contribution in [0.2, 0.25) is 0 Å². The van der Waals surface area contributed by atoms with Crippen molar-refractivity contribution in [2.75, 3.05) is 39.5 Å². The number of nitrogens with one attached hydrogen (secondary N) is 4. The molecule has 362 valence electrons. The van der Waals surface area contributed by atoms with Crippen LogP contribution >= 0.6 is 0 Å². The van der Waals surface area contributed by atoms with Crippen molar-refractivity contribution in [1.29, 1.82) is 0 Å². The molecule has 4 amide bonds. The molecule has 4 N–H and O–H groups in total. The highest BCUT2D eigenvalue weighted by Crippen LogP contribution is 2.30. The van der Waals surface area contributed by atoms with E-state index in [0.29, 0.717) is 62.3 Å². The van der Waals surface area contributed by atoms with Gasteiger partial charge in [-0.2, -0.15) is 0 Å². The number of morpholine rings is 1. The maximum absolute atomic E-state index is 14.5. The van der Waals surface area contributed by atoms with Crippen LogP contribution in [0.15, 0.2) is 84.9 Å². The van der Waals surface area contributed by atoms with E-state index in [1.807, 2.05) is 100 Å². The summed E-state index contributed by atoms with van der Waals surface area (Å²) in [5.41, 5.74) is 1.75. The number of ether oxygens (including phenoxy) is 3. The highest BCUT2D eigenvalue weighted by Gasteiger charge is 2.50. The molecular weight excluding hydrogens is 919 g/mol. The number of ketones is 1. The minimum absolute atomic E-state index is 0. The summed E-state index contributed by atoms with van der Waals surface area (Å²) in [5, 5.41) is 11.8. The molecule has 0 bridgehead atoms. The summed E-state index contributed by atoms with van der Waals surface area (Å²) in [6.45, 7) is 12.4. The number of aryl methyl sites for hydroxylation is 1. The molecule has 0 aromatic heterocycles. The van der Waals surface area contributed by atoms with Crippen molar-refractivity contribution in [3.05, 3.63) is 102 Å². The predicted octanol–water partition coefficient (Wildman–Crippen LogP) is 1.62. The van der Waals surface area contributed by atoms with Gasteiger partial charge < -0.3 is 56.9 Å². The Kier molecular flexibility index (Phi) is 21.2. The van der Waals surface area contributed by atoms with E-state index in [0.717, 1.165) is 16.7 Å². The Morgan fingerprint density at radius 2 is 1.25 bits per heavy atom. The van der Waals surface area contributed by atoms with E-state index < -0.39 is 53.5 Å². The molecule has 0 saturated carbocycles. The summed E-state index contributed by atoms with van der Waals surface area (Å²) < 4.78 is 16.9. The van der Waals surface area contributed by atoms with Crippen LogP contribution in [0.4, 0.5) is 0 Å². The second-order valence-corrected chi connectivity index (χ2v) is 18.7. The second kappa shape index (κ2) is 26.2. The number of terminal acetylenes is 1. The summed E-state index contributed by atoms with van der Waals surface area (Å²) in [4.78, 5) is 82.8. The van der Waals surface area contributed by atoms with Crippen LogP contribution in [0.1, 0.15) is 83.4 Å². The Morgan fingerprint density at radius 1 is 0.716 bits per heavy atom. The van der Waals surface area contributed by atoms with Crippen LogP contribution in [-0.4, -0.2) is 109 Å². The van der Waals surface area contributed by atoms with Gasteiger partial charge in [0.1, 0.15) is 49.1 Å². The standard InChI is InChI=1S/C52H67N5O9.BrH/c1-7-8-19-47(59)66-41-23-20-40(21-24-41)33-57(26-28-64-29-27-57)34-46(58)53-42(25-22-38-15-11-9-12-16-38)49(61)55-44(31-37(4)5)50(62)56-45(32-39-17-13-10-14-18-39)51(63)54-43(30-36(2)3)48(60)52(6)35-65-52;/h1,9-18,20-21,23-24,36-37,42-45H,8,19,22,25-35H2,2-6H3,(H3-,53,54,55,56,58,61,62,63);1H/t42-,43-,44-,45-,52+;/m0./s1. The summed E-state index contributed by atoms with van der Waals surface area (Å²) >= 11 is 0. The second-order valence-electron chi connectivity index (χ2n) is 18.7. The largest absolute Gasteiger partial charge is 1.00 e. The molecule has 2 heterocycles. The minimum atomic E-state index is -1.08. The third kappa shape index (κ3) is 17.6. The zero-order valence-electron chi connectivity index (χ0n) is 39.5. The first-order chi connectivity index (χ1) is 31.6. The topological polar surface area (TPSA) is 182 Å². The smallest absolute Gasteiger partial charge is 0.312 e. The summed E-state index contributed by atoms with van der Waals surface area (Å²) in [6.07, 6.45) is 7.22. The van der Waals surface area contributed by atoms with E-state index in [9.17, 15) is 28.8 Å². The number of carbonyl (C=O) groups excluding carboxylic acids is 6. The van der Waals surface area contributed by atoms with Gasteiger partial charge in [-0.05, 0) is 79.8 Å². The van der Waals surface area contributed by atoms with Gasteiger partial charge in [0.2, 0.25) is 17.7 Å². The van der Waals surface area contributed by atoms with Gasteiger partial charge in [-0.3, -0.25) is 28.8 Å². The third-order valence-electron chi connectivity index (χ3n) is 12.0. The number of amides is 4. The number of hydrogen-bond donors (Lipinski definition) is 4. The number of hydrogen-bond acceptors (Lipinski definition) is 9. The van der Waals surface area contributed by atoms with Crippen LogP contribution in [0.25, 0.3) is 0 Å². The molecule has 2 aliphatic heterocycles. The zero-order chi connectivity index (χ0) is 47.7. The lowest BCUT2D eigenvalue weighted by Crippen LogP contribution is -3.00. The van der Waals surface area contributed by atoms with Gasteiger partial charge in [-0.1, -0.05) is 88.4 Å². The van der Waals surface area contributed by atoms with Crippen LogP contribution in [0, 0.1) is 24.2 Å². The first-order valence-electron chi connectivity index (χ1n) is 23.2. The molecule has 2 aliphatic rings. The number of rotatable bonds is 25. The van der Waals surface area contributed by atoms with Crippen molar-refractivity contribution >= 4 is 35.4 Å². The van der Waals surface area contributed by atoms with Crippen LogP contribution in [0.5, 0.6) is 5.75 Å². The minimum Gasteiger partial charge on any atom is -1.00 e. The summed E-state index contributed by atoms with van der Waals surface area (Å²) in [7, 11) is 0. The van der Waals surface area contributed by atoms with Gasteiger partial charge in [0, 0.05) is 18.4 Å². The molecule has 0 spiro atoms. The fraction of sp³-hybridized carbons (Fsp3) is 0.500. The number of carbonyl (C=O) groups is 6. The lowest BCUT2D eigenvalue weighted by atomic mass is 9.93. The number of epoxide rings is 1. The number of quaternary nitrogens is 1. The molecule has 5 rings (SSSR count). The van der Waals surface area contributed by atoms with Gasteiger partial charge in [-0.25, -0.2) is 0 Å². The molecule has 3 aromatic rings. The molecule has 67 heavy (non-hydrogen) atoms. The fourth-order valence-electron chi connectivity index (χ4n) is 8.18. The monoisotopic (exact) mass is 985 g/mol. The van der Waals surface area contributed by atoms with E-state index >= 15 is 0 Å². The Balaban J connectivity index is 0.00000980. The van der Waals surface area contributed by atoms with E-state index in [-0.39, 0.29) is 79.3 Å². The number of halogens is 1. The lowest BCUT2D eigenvalue weighted by Gasteiger charge is -2.41. The Bertz CT molecular complexity index is 2140. The molecule has 0 radical (unpaired) electrons. The van der Waals surface area contributed by atoms with Gasteiger partial charge in [0.05, 0.1) is 32.3 Å². The lowest BCUT2D eigenvalue weighted by molar-refractivity contribution is -0.940. The number of nitrogens with zero attached hydrogens (tertiary/aromatic N) is 1. The normalized spacial score (nSPS) is 17.9. The van der Waals surface area contributed by atoms with Crippen molar-refractivity contribution in [3.8, 4) is 18.1 Å². The summed E-state index contributed by atoms with van der Waals surface area (Å²) in [6, 6.07) is 22.2. The first-order valence-corrected chi connectivity index (χ1v) is 23.2.